The summed E-state index contributed by atoms with van der Waals surface area (Å²) >= 11 is 1.68. The molecular formula is C15H21NO2S. The van der Waals surface area contributed by atoms with E-state index < -0.39 is 0 Å². The molecule has 0 radical (unpaired) electrons. The van der Waals surface area contributed by atoms with Gasteiger partial charge in [-0.15, -0.1) is 0 Å². The topological polar surface area (TPSA) is 46.2 Å². The minimum absolute atomic E-state index is 0.168. The van der Waals surface area contributed by atoms with Crippen LogP contribution in [0.4, 0.5) is 0 Å². The zero-order valence-corrected chi connectivity index (χ0v) is 12.8. The zero-order valence-electron chi connectivity index (χ0n) is 11.9. The van der Waals surface area contributed by atoms with E-state index in [1.54, 1.807) is 17.8 Å². The number of thioether (sulfide) groups is 1. The number of aldehydes is 1. The summed E-state index contributed by atoms with van der Waals surface area (Å²) in [5, 5.41) is 3.00. The van der Waals surface area contributed by atoms with Gasteiger partial charge in [0.2, 0.25) is 0 Å². The first-order valence-electron chi connectivity index (χ1n) is 6.33. The molecule has 0 aromatic heterocycles. The highest BCUT2D eigenvalue weighted by atomic mass is 32.2. The van der Waals surface area contributed by atoms with E-state index in [0.29, 0.717) is 11.1 Å². The summed E-state index contributed by atoms with van der Waals surface area (Å²) in [6.45, 7) is 5.95. The quantitative estimate of drug-likeness (QED) is 0.814. The fourth-order valence-electron chi connectivity index (χ4n) is 2.06. The number of nitrogens with one attached hydrogen (secondary N) is 1. The van der Waals surface area contributed by atoms with Crippen molar-refractivity contribution in [3.05, 3.63) is 34.9 Å². The second kappa shape index (κ2) is 6.75. The highest BCUT2D eigenvalue weighted by Crippen LogP contribution is 2.17. The molecule has 1 rings (SSSR count). The SMILES string of the molecule is CCc1cccc(C=O)c1C(=O)NC(C)(C)CSC. The van der Waals surface area contributed by atoms with Gasteiger partial charge in [-0.1, -0.05) is 25.1 Å². The monoisotopic (exact) mass is 279 g/mol. The second-order valence-electron chi connectivity index (χ2n) is 5.12. The maximum atomic E-state index is 12.4. The standard InChI is InChI=1S/C15H21NO2S/c1-5-11-7-6-8-12(9-17)13(11)14(18)16-15(2,3)10-19-4/h6-9H,5,10H2,1-4H3,(H,16,18). The van der Waals surface area contributed by atoms with Gasteiger partial charge in [0, 0.05) is 16.9 Å². The smallest absolute Gasteiger partial charge is 0.252 e. The average Bonchev–Trinajstić information content (AvgIpc) is 2.36. The number of aryl methyl sites for hydroxylation is 1. The molecule has 0 fully saturated rings. The van der Waals surface area contributed by atoms with Crippen LogP contribution < -0.4 is 5.32 Å². The Kier molecular flexibility index (Phi) is 5.60. The van der Waals surface area contributed by atoms with E-state index in [1.165, 1.54) is 0 Å². The van der Waals surface area contributed by atoms with Crippen molar-refractivity contribution in [2.45, 2.75) is 32.7 Å². The predicted molar refractivity (Wildman–Crippen MR) is 81.1 cm³/mol. The van der Waals surface area contributed by atoms with E-state index in [0.717, 1.165) is 24.0 Å². The summed E-state index contributed by atoms with van der Waals surface area (Å²) in [5.74, 6) is 0.655. The van der Waals surface area contributed by atoms with Gasteiger partial charge in [-0.25, -0.2) is 0 Å². The fourth-order valence-corrected chi connectivity index (χ4v) is 2.85. The molecule has 0 aliphatic heterocycles. The van der Waals surface area contributed by atoms with Gasteiger partial charge in [0.1, 0.15) is 0 Å². The fraction of sp³-hybridized carbons (Fsp3) is 0.467. The van der Waals surface area contributed by atoms with Crippen molar-refractivity contribution in [2.75, 3.05) is 12.0 Å². The van der Waals surface area contributed by atoms with Crippen molar-refractivity contribution >= 4 is 24.0 Å². The molecule has 3 nitrogen and oxygen atoms in total. The molecule has 1 amide bonds. The highest BCUT2D eigenvalue weighted by Gasteiger charge is 2.23. The van der Waals surface area contributed by atoms with Gasteiger partial charge in [0.25, 0.3) is 5.91 Å². The third kappa shape index (κ3) is 4.10. The molecule has 1 aromatic carbocycles. The van der Waals surface area contributed by atoms with Crippen molar-refractivity contribution in [1.29, 1.82) is 0 Å². The summed E-state index contributed by atoms with van der Waals surface area (Å²) in [6, 6.07) is 5.39. The summed E-state index contributed by atoms with van der Waals surface area (Å²) in [6.07, 6.45) is 3.48. The molecule has 0 aliphatic carbocycles. The van der Waals surface area contributed by atoms with Crippen LogP contribution in [0.5, 0.6) is 0 Å². The van der Waals surface area contributed by atoms with Crippen LogP contribution in [0, 0.1) is 0 Å². The number of carbonyl (C=O) groups is 2. The first-order valence-corrected chi connectivity index (χ1v) is 7.73. The number of rotatable bonds is 6. The molecule has 0 unspecified atom stereocenters. The Morgan fingerprint density at radius 3 is 2.63 bits per heavy atom. The van der Waals surface area contributed by atoms with Gasteiger partial charge >= 0.3 is 0 Å². The van der Waals surface area contributed by atoms with Crippen molar-refractivity contribution in [3.8, 4) is 0 Å². The molecule has 0 spiro atoms. The normalized spacial score (nSPS) is 11.2. The lowest BCUT2D eigenvalue weighted by molar-refractivity contribution is 0.0915. The van der Waals surface area contributed by atoms with Crippen molar-refractivity contribution in [1.82, 2.24) is 5.32 Å². The highest BCUT2D eigenvalue weighted by molar-refractivity contribution is 7.98. The lowest BCUT2D eigenvalue weighted by Crippen LogP contribution is -2.46. The molecule has 1 aromatic rings. The average molecular weight is 279 g/mol. The maximum Gasteiger partial charge on any atom is 0.252 e. The van der Waals surface area contributed by atoms with E-state index in [4.69, 9.17) is 0 Å². The van der Waals surface area contributed by atoms with Crippen LogP contribution in [-0.4, -0.2) is 29.7 Å². The molecule has 19 heavy (non-hydrogen) atoms. The molecule has 0 atom stereocenters. The van der Waals surface area contributed by atoms with Gasteiger partial charge in [-0.3, -0.25) is 9.59 Å². The molecule has 4 heteroatoms. The van der Waals surface area contributed by atoms with E-state index in [2.05, 4.69) is 5.32 Å². The minimum Gasteiger partial charge on any atom is -0.346 e. The molecule has 1 N–H and O–H groups in total. The second-order valence-corrected chi connectivity index (χ2v) is 5.99. The largest absolute Gasteiger partial charge is 0.346 e. The Balaban J connectivity index is 3.08. The van der Waals surface area contributed by atoms with Gasteiger partial charge in [-0.05, 0) is 32.1 Å². The van der Waals surface area contributed by atoms with Crippen molar-refractivity contribution in [2.24, 2.45) is 0 Å². The summed E-state index contributed by atoms with van der Waals surface area (Å²) in [7, 11) is 0. The van der Waals surface area contributed by atoms with E-state index in [9.17, 15) is 9.59 Å². The Labute approximate surface area is 119 Å². The number of amides is 1. The van der Waals surface area contributed by atoms with Crippen LogP contribution in [0.15, 0.2) is 18.2 Å². The van der Waals surface area contributed by atoms with E-state index >= 15 is 0 Å². The number of benzene rings is 1. The Morgan fingerprint density at radius 2 is 2.11 bits per heavy atom. The molecule has 0 aliphatic rings. The molecule has 0 heterocycles. The number of carbonyl (C=O) groups excluding carboxylic acids is 2. The minimum atomic E-state index is -0.294. The molecule has 104 valence electrons. The third-order valence-corrected chi connectivity index (χ3v) is 3.89. The summed E-state index contributed by atoms with van der Waals surface area (Å²) in [4.78, 5) is 23.5. The first kappa shape index (κ1) is 15.8. The first-order chi connectivity index (χ1) is 8.95. The zero-order chi connectivity index (χ0) is 14.5. The van der Waals surface area contributed by atoms with Crippen LogP contribution >= 0.6 is 11.8 Å². The van der Waals surface area contributed by atoms with Crippen LogP contribution in [0.2, 0.25) is 0 Å². The Bertz CT molecular complexity index is 469. The van der Waals surface area contributed by atoms with Crippen LogP contribution in [0.1, 0.15) is 47.1 Å². The van der Waals surface area contributed by atoms with Gasteiger partial charge < -0.3 is 5.32 Å². The maximum absolute atomic E-state index is 12.4. The Morgan fingerprint density at radius 1 is 1.42 bits per heavy atom. The molecular weight excluding hydrogens is 258 g/mol. The molecule has 0 saturated heterocycles. The predicted octanol–water partition coefficient (Wildman–Crippen LogP) is 2.93. The van der Waals surface area contributed by atoms with Gasteiger partial charge in [-0.2, -0.15) is 11.8 Å². The van der Waals surface area contributed by atoms with Crippen LogP contribution in [0.25, 0.3) is 0 Å². The molecule has 0 bridgehead atoms. The number of hydrogen-bond acceptors (Lipinski definition) is 3. The molecule has 0 saturated carbocycles. The van der Waals surface area contributed by atoms with Crippen LogP contribution in [-0.2, 0) is 6.42 Å². The van der Waals surface area contributed by atoms with E-state index in [-0.39, 0.29) is 11.4 Å². The third-order valence-electron chi connectivity index (χ3n) is 2.88. The van der Waals surface area contributed by atoms with Crippen molar-refractivity contribution < 1.29 is 9.59 Å². The van der Waals surface area contributed by atoms with Crippen LogP contribution in [0.3, 0.4) is 0 Å². The van der Waals surface area contributed by atoms with Gasteiger partial charge in [0.15, 0.2) is 6.29 Å². The summed E-state index contributed by atoms with van der Waals surface area (Å²) in [5.41, 5.74) is 1.57. The van der Waals surface area contributed by atoms with Crippen molar-refractivity contribution in [3.63, 3.8) is 0 Å². The Hall–Kier alpha value is -1.29. The van der Waals surface area contributed by atoms with E-state index in [1.807, 2.05) is 39.2 Å². The lowest BCUT2D eigenvalue weighted by atomic mass is 9.98. The number of hydrogen-bond donors (Lipinski definition) is 1. The summed E-state index contributed by atoms with van der Waals surface area (Å²) < 4.78 is 0. The lowest BCUT2D eigenvalue weighted by Gasteiger charge is -2.26. The van der Waals surface area contributed by atoms with Gasteiger partial charge in [0.05, 0.1) is 5.56 Å².